The van der Waals surface area contributed by atoms with Crippen LogP contribution in [0, 0.1) is 0 Å². The summed E-state index contributed by atoms with van der Waals surface area (Å²) >= 11 is 0. The highest BCUT2D eigenvalue weighted by Crippen LogP contribution is 2.24. The smallest absolute Gasteiger partial charge is 0.310 e. The SMILES string of the molecule is CC.CCc1cc2c(C(C)C)nn(CC(=O)Nc3ncccn3)c(=O)c2o1. The summed E-state index contributed by atoms with van der Waals surface area (Å²) in [4.78, 5) is 32.7. The van der Waals surface area contributed by atoms with Crippen LogP contribution in [0.15, 0.2) is 33.7 Å². The van der Waals surface area contributed by atoms with Crippen LogP contribution in [0.25, 0.3) is 11.0 Å². The van der Waals surface area contributed by atoms with Crippen LogP contribution in [0.5, 0.6) is 0 Å². The Bertz CT molecular complexity index is 961. The molecule has 0 aromatic carbocycles. The number of aromatic nitrogens is 4. The Balaban J connectivity index is 0.00000126. The maximum absolute atomic E-state index is 12.6. The number of aryl methyl sites for hydroxylation is 1. The van der Waals surface area contributed by atoms with Crippen molar-refractivity contribution < 1.29 is 9.21 Å². The largest absolute Gasteiger partial charge is 0.455 e. The number of anilines is 1. The van der Waals surface area contributed by atoms with Gasteiger partial charge in [0.25, 0.3) is 0 Å². The highest BCUT2D eigenvalue weighted by Gasteiger charge is 2.19. The first-order chi connectivity index (χ1) is 13.0. The number of amides is 1. The molecule has 27 heavy (non-hydrogen) atoms. The first-order valence-electron chi connectivity index (χ1n) is 9.10. The third-order valence-corrected chi connectivity index (χ3v) is 3.72. The number of rotatable bonds is 5. The number of carbonyl (C=O) groups excluding carboxylic acids is 1. The summed E-state index contributed by atoms with van der Waals surface area (Å²) in [5.74, 6) is 0.543. The van der Waals surface area contributed by atoms with E-state index >= 15 is 0 Å². The molecule has 0 saturated heterocycles. The van der Waals surface area contributed by atoms with Crippen molar-refractivity contribution >= 4 is 22.8 Å². The van der Waals surface area contributed by atoms with Gasteiger partial charge in [-0.15, -0.1) is 0 Å². The van der Waals surface area contributed by atoms with E-state index in [4.69, 9.17) is 4.42 Å². The molecule has 0 atom stereocenters. The van der Waals surface area contributed by atoms with Gasteiger partial charge in [0, 0.05) is 24.2 Å². The molecule has 8 nitrogen and oxygen atoms in total. The first kappa shape index (κ1) is 20.3. The van der Waals surface area contributed by atoms with Crippen LogP contribution in [0.4, 0.5) is 5.95 Å². The molecule has 8 heteroatoms. The second kappa shape index (κ2) is 9.07. The van der Waals surface area contributed by atoms with E-state index in [1.807, 2.05) is 40.7 Å². The van der Waals surface area contributed by atoms with Crippen LogP contribution in [-0.2, 0) is 17.8 Å². The number of nitrogens with zero attached hydrogens (tertiary/aromatic N) is 4. The molecule has 1 amide bonds. The normalized spacial score (nSPS) is 10.6. The van der Waals surface area contributed by atoms with Gasteiger partial charge in [0.05, 0.1) is 5.69 Å². The first-order valence-corrected chi connectivity index (χ1v) is 9.10. The Labute approximate surface area is 157 Å². The van der Waals surface area contributed by atoms with Crippen molar-refractivity contribution in [2.45, 2.75) is 53.5 Å². The van der Waals surface area contributed by atoms with E-state index in [-0.39, 0.29) is 24.0 Å². The minimum Gasteiger partial charge on any atom is -0.455 e. The fraction of sp³-hybridized carbons (Fsp3) is 0.421. The predicted octanol–water partition coefficient (Wildman–Crippen LogP) is 3.13. The minimum absolute atomic E-state index is 0.0807. The molecule has 0 spiro atoms. The number of hydrogen-bond acceptors (Lipinski definition) is 6. The number of furan rings is 1. The lowest BCUT2D eigenvalue weighted by molar-refractivity contribution is -0.117. The van der Waals surface area contributed by atoms with Crippen LogP contribution in [0.1, 0.15) is 52.0 Å². The van der Waals surface area contributed by atoms with E-state index in [0.29, 0.717) is 11.8 Å². The third-order valence-electron chi connectivity index (χ3n) is 3.72. The summed E-state index contributed by atoms with van der Waals surface area (Å²) in [5.41, 5.74) is 0.532. The molecule has 0 aliphatic rings. The molecule has 0 aliphatic heterocycles. The van der Waals surface area contributed by atoms with Crippen LogP contribution in [-0.4, -0.2) is 25.7 Å². The summed E-state index contributed by atoms with van der Waals surface area (Å²) in [7, 11) is 0. The average Bonchev–Trinajstić information content (AvgIpc) is 3.11. The van der Waals surface area contributed by atoms with Gasteiger partial charge in [-0.1, -0.05) is 34.6 Å². The fourth-order valence-corrected chi connectivity index (χ4v) is 2.51. The molecule has 3 heterocycles. The lowest BCUT2D eigenvalue weighted by atomic mass is 10.1. The van der Waals surface area contributed by atoms with Gasteiger partial charge in [-0.25, -0.2) is 14.6 Å². The zero-order chi connectivity index (χ0) is 20.0. The molecule has 0 unspecified atom stereocenters. The molecule has 3 aromatic heterocycles. The molecule has 144 valence electrons. The summed E-state index contributed by atoms with van der Waals surface area (Å²) in [6.45, 7) is 9.67. The van der Waals surface area contributed by atoms with Gasteiger partial charge in [0.2, 0.25) is 17.4 Å². The molecule has 0 radical (unpaired) electrons. The standard InChI is InChI=1S/C17H19N5O3.C2H6/c1-4-11-8-12-14(10(2)3)21-22(16(24)15(12)25-11)9-13(23)20-17-18-6-5-7-19-17;1-2/h5-8,10H,4,9H2,1-3H3,(H,18,19,20,23);1-2H3. The maximum Gasteiger partial charge on any atom is 0.310 e. The van der Waals surface area contributed by atoms with Crippen LogP contribution >= 0.6 is 0 Å². The highest BCUT2D eigenvalue weighted by molar-refractivity contribution is 5.89. The molecular formula is C19H25N5O3. The van der Waals surface area contributed by atoms with Gasteiger partial charge in [-0.2, -0.15) is 5.10 Å². The van der Waals surface area contributed by atoms with E-state index in [1.54, 1.807) is 6.07 Å². The second-order valence-corrected chi connectivity index (χ2v) is 5.93. The number of hydrogen-bond donors (Lipinski definition) is 1. The Kier molecular flexibility index (Phi) is 6.81. The third kappa shape index (κ3) is 4.58. The van der Waals surface area contributed by atoms with Gasteiger partial charge >= 0.3 is 5.56 Å². The van der Waals surface area contributed by atoms with E-state index in [2.05, 4.69) is 20.4 Å². The minimum atomic E-state index is -0.433. The van der Waals surface area contributed by atoms with Crippen molar-refractivity contribution in [1.29, 1.82) is 0 Å². The van der Waals surface area contributed by atoms with Gasteiger partial charge in [0.15, 0.2) is 0 Å². The quantitative estimate of drug-likeness (QED) is 0.739. The molecule has 0 bridgehead atoms. The van der Waals surface area contributed by atoms with E-state index < -0.39 is 11.5 Å². The summed E-state index contributed by atoms with van der Waals surface area (Å²) in [6.07, 6.45) is 3.72. The van der Waals surface area contributed by atoms with E-state index in [9.17, 15) is 9.59 Å². The zero-order valence-electron chi connectivity index (χ0n) is 16.3. The molecule has 0 saturated carbocycles. The van der Waals surface area contributed by atoms with Crippen LogP contribution in [0.3, 0.4) is 0 Å². The average molecular weight is 371 g/mol. The second-order valence-electron chi connectivity index (χ2n) is 5.93. The molecule has 3 aromatic rings. The number of carbonyl (C=O) groups is 1. The maximum atomic E-state index is 12.6. The molecule has 0 aliphatic carbocycles. The lowest BCUT2D eigenvalue weighted by Crippen LogP contribution is -2.31. The summed E-state index contributed by atoms with van der Waals surface area (Å²) in [5, 5.41) is 7.62. The van der Waals surface area contributed by atoms with Crippen molar-refractivity contribution in [3.8, 4) is 0 Å². The van der Waals surface area contributed by atoms with Crippen LogP contribution < -0.4 is 10.9 Å². The Morgan fingerprint density at radius 2 is 1.93 bits per heavy atom. The van der Waals surface area contributed by atoms with Crippen molar-refractivity contribution in [2.24, 2.45) is 0 Å². The van der Waals surface area contributed by atoms with Crippen LogP contribution in [0.2, 0.25) is 0 Å². The summed E-state index contributed by atoms with van der Waals surface area (Å²) in [6, 6.07) is 3.49. The molecule has 0 fully saturated rings. The van der Waals surface area contributed by atoms with Gasteiger partial charge in [-0.05, 0) is 18.1 Å². The Morgan fingerprint density at radius 1 is 1.26 bits per heavy atom. The summed E-state index contributed by atoms with van der Waals surface area (Å²) < 4.78 is 6.77. The van der Waals surface area contributed by atoms with Crippen molar-refractivity contribution in [2.75, 3.05) is 5.32 Å². The molecule has 3 rings (SSSR count). The monoisotopic (exact) mass is 371 g/mol. The number of fused-ring (bicyclic) bond motifs is 1. The predicted molar refractivity (Wildman–Crippen MR) is 104 cm³/mol. The van der Waals surface area contributed by atoms with Crippen molar-refractivity contribution in [3.05, 3.63) is 46.3 Å². The fourth-order valence-electron chi connectivity index (χ4n) is 2.51. The van der Waals surface area contributed by atoms with E-state index in [1.165, 1.54) is 12.4 Å². The van der Waals surface area contributed by atoms with Gasteiger partial charge in [-0.3, -0.25) is 14.9 Å². The van der Waals surface area contributed by atoms with Gasteiger partial charge < -0.3 is 4.42 Å². The van der Waals surface area contributed by atoms with Crippen molar-refractivity contribution in [3.63, 3.8) is 0 Å². The highest BCUT2D eigenvalue weighted by atomic mass is 16.3. The topological polar surface area (TPSA) is 103 Å². The van der Waals surface area contributed by atoms with Gasteiger partial charge in [0.1, 0.15) is 12.3 Å². The molecule has 1 N–H and O–H groups in total. The lowest BCUT2D eigenvalue weighted by Gasteiger charge is -2.10. The zero-order valence-corrected chi connectivity index (χ0v) is 16.3. The molecular weight excluding hydrogens is 346 g/mol. The van der Waals surface area contributed by atoms with E-state index in [0.717, 1.165) is 16.1 Å². The van der Waals surface area contributed by atoms with Crippen molar-refractivity contribution in [1.82, 2.24) is 19.7 Å². The Hall–Kier alpha value is -3.03. The number of nitrogens with one attached hydrogen (secondary N) is 1. The Morgan fingerprint density at radius 3 is 2.52 bits per heavy atom.